The maximum atomic E-state index is 6.97. The minimum Gasteiger partial charge on any atom is -0.238 e. The Morgan fingerprint density at radius 1 is 0.500 bits per heavy atom. The molecule has 3 aromatic carbocycles. The zero-order valence-corrected chi connectivity index (χ0v) is 11.0. The summed E-state index contributed by atoms with van der Waals surface area (Å²) in [6, 6.07) is 26.5. The second kappa shape index (κ2) is 5.42. The third-order valence-electron chi connectivity index (χ3n) is 3.32. The minimum absolute atomic E-state index is 0.676. The van der Waals surface area contributed by atoms with Crippen LogP contribution in [0.5, 0.6) is 0 Å². The van der Waals surface area contributed by atoms with Gasteiger partial charge >= 0.3 is 0 Å². The quantitative estimate of drug-likeness (QED) is 0.527. The normalized spacial score (nSPS) is 9.95. The van der Waals surface area contributed by atoms with Crippen molar-refractivity contribution in [2.45, 2.75) is 0 Å². The lowest BCUT2D eigenvalue weighted by Gasteiger charge is -2.05. The van der Waals surface area contributed by atoms with Crippen LogP contribution in [0.25, 0.3) is 27.1 Å². The van der Waals surface area contributed by atoms with Gasteiger partial charge in [0.25, 0.3) is 0 Å². The van der Waals surface area contributed by atoms with Crippen LogP contribution in [0.3, 0.4) is 0 Å². The van der Waals surface area contributed by atoms with E-state index in [0.717, 1.165) is 5.56 Å². The molecule has 0 bridgehead atoms. The smallest absolute Gasteiger partial charge is 0.187 e. The highest BCUT2D eigenvalue weighted by Crippen LogP contribution is 2.26. The van der Waals surface area contributed by atoms with E-state index in [1.807, 2.05) is 42.5 Å². The molecular formula is C19H13N. The van der Waals surface area contributed by atoms with E-state index < -0.39 is 0 Å². The zero-order valence-electron chi connectivity index (χ0n) is 11.0. The van der Waals surface area contributed by atoms with Crippen LogP contribution in [0.1, 0.15) is 0 Å². The van der Waals surface area contributed by atoms with Gasteiger partial charge in [0.15, 0.2) is 5.69 Å². The van der Waals surface area contributed by atoms with Gasteiger partial charge in [-0.25, -0.2) is 4.85 Å². The van der Waals surface area contributed by atoms with Crippen molar-refractivity contribution in [2.75, 3.05) is 0 Å². The number of nitrogens with zero attached hydrogens (tertiary/aromatic N) is 1. The molecule has 0 radical (unpaired) electrons. The van der Waals surface area contributed by atoms with Gasteiger partial charge in [0.1, 0.15) is 0 Å². The van der Waals surface area contributed by atoms with Crippen molar-refractivity contribution in [1.29, 1.82) is 0 Å². The van der Waals surface area contributed by atoms with Crippen LogP contribution < -0.4 is 0 Å². The molecule has 1 nitrogen and oxygen atoms in total. The average Bonchev–Trinajstić information content (AvgIpc) is 2.56. The summed E-state index contributed by atoms with van der Waals surface area (Å²) in [6.07, 6.45) is 0. The third kappa shape index (κ3) is 2.46. The van der Waals surface area contributed by atoms with Crippen molar-refractivity contribution in [1.82, 2.24) is 0 Å². The maximum Gasteiger partial charge on any atom is 0.187 e. The van der Waals surface area contributed by atoms with Crippen LogP contribution >= 0.6 is 0 Å². The van der Waals surface area contributed by atoms with Crippen molar-refractivity contribution >= 4 is 5.69 Å². The fourth-order valence-corrected chi connectivity index (χ4v) is 2.21. The van der Waals surface area contributed by atoms with Crippen LogP contribution in [-0.4, -0.2) is 0 Å². The molecule has 0 fully saturated rings. The minimum atomic E-state index is 0.676. The van der Waals surface area contributed by atoms with E-state index in [9.17, 15) is 0 Å². The van der Waals surface area contributed by atoms with Gasteiger partial charge in [-0.05, 0) is 22.3 Å². The van der Waals surface area contributed by atoms with Gasteiger partial charge < -0.3 is 0 Å². The fourth-order valence-electron chi connectivity index (χ4n) is 2.21. The molecule has 3 aromatic rings. The van der Waals surface area contributed by atoms with E-state index >= 15 is 0 Å². The first kappa shape index (κ1) is 12.2. The molecule has 94 valence electrons. The van der Waals surface area contributed by atoms with Gasteiger partial charge in [0, 0.05) is 0 Å². The zero-order chi connectivity index (χ0) is 13.8. The molecule has 0 amide bonds. The molecule has 0 saturated heterocycles. The third-order valence-corrected chi connectivity index (χ3v) is 3.32. The lowest BCUT2D eigenvalue weighted by atomic mass is 10.0. The van der Waals surface area contributed by atoms with Gasteiger partial charge in [-0.2, -0.15) is 0 Å². The molecule has 0 atom stereocenters. The van der Waals surface area contributed by atoms with E-state index in [1.165, 1.54) is 16.7 Å². The van der Waals surface area contributed by atoms with Gasteiger partial charge in [0.05, 0.1) is 6.57 Å². The van der Waals surface area contributed by atoms with Crippen molar-refractivity contribution in [3.63, 3.8) is 0 Å². The second-order valence-electron chi connectivity index (χ2n) is 4.60. The first-order chi connectivity index (χ1) is 9.86. The highest BCUT2D eigenvalue weighted by molar-refractivity contribution is 5.71. The van der Waals surface area contributed by atoms with Crippen LogP contribution in [0, 0.1) is 6.57 Å². The van der Waals surface area contributed by atoms with Crippen molar-refractivity contribution in [2.24, 2.45) is 0 Å². The first-order valence-corrected chi connectivity index (χ1v) is 6.50. The molecule has 0 aromatic heterocycles. The van der Waals surface area contributed by atoms with E-state index in [2.05, 4.69) is 41.2 Å². The Morgan fingerprint density at radius 2 is 0.900 bits per heavy atom. The maximum absolute atomic E-state index is 6.97. The number of benzene rings is 3. The largest absolute Gasteiger partial charge is 0.238 e. The Balaban J connectivity index is 1.91. The molecule has 0 aliphatic carbocycles. The Hall–Kier alpha value is -2.85. The molecule has 0 N–H and O–H groups in total. The first-order valence-electron chi connectivity index (χ1n) is 6.50. The monoisotopic (exact) mass is 255 g/mol. The summed E-state index contributed by atoms with van der Waals surface area (Å²) >= 11 is 0. The van der Waals surface area contributed by atoms with Crippen molar-refractivity contribution in [3.05, 3.63) is 90.3 Å². The van der Waals surface area contributed by atoms with Gasteiger partial charge in [-0.1, -0.05) is 78.9 Å². The van der Waals surface area contributed by atoms with Crippen LogP contribution in [0.4, 0.5) is 5.69 Å². The molecule has 0 heterocycles. The Kier molecular flexibility index (Phi) is 3.31. The van der Waals surface area contributed by atoms with E-state index in [4.69, 9.17) is 6.57 Å². The molecule has 20 heavy (non-hydrogen) atoms. The van der Waals surface area contributed by atoms with Crippen LogP contribution in [-0.2, 0) is 0 Å². The Bertz CT molecular complexity index is 733. The summed E-state index contributed by atoms with van der Waals surface area (Å²) in [4.78, 5) is 3.41. The highest BCUT2D eigenvalue weighted by atomic mass is 14.6. The number of hydrogen-bond donors (Lipinski definition) is 0. The molecule has 0 spiro atoms. The Labute approximate surface area is 119 Å². The molecular weight excluding hydrogens is 242 g/mol. The van der Waals surface area contributed by atoms with Crippen molar-refractivity contribution in [3.8, 4) is 22.3 Å². The standard InChI is InChI=1S/C19H13N/c1-20-19-13-11-18(12-14-19)17-9-7-16(8-10-17)15-5-3-2-4-6-15/h2-14H. The van der Waals surface area contributed by atoms with E-state index in [-0.39, 0.29) is 0 Å². The number of hydrogen-bond acceptors (Lipinski definition) is 0. The summed E-state index contributed by atoms with van der Waals surface area (Å²) in [6.45, 7) is 6.97. The van der Waals surface area contributed by atoms with Crippen LogP contribution in [0.2, 0.25) is 0 Å². The molecule has 3 rings (SSSR count). The predicted octanol–water partition coefficient (Wildman–Crippen LogP) is 5.57. The number of rotatable bonds is 2. The second-order valence-corrected chi connectivity index (χ2v) is 4.60. The lowest BCUT2D eigenvalue weighted by molar-refractivity contribution is 1.59. The van der Waals surface area contributed by atoms with Crippen molar-refractivity contribution < 1.29 is 0 Å². The van der Waals surface area contributed by atoms with Gasteiger partial charge in [-0.3, -0.25) is 0 Å². The summed E-state index contributed by atoms with van der Waals surface area (Å²) in [5.41, 5.74) is 5.42. The molecule has 0 saturated carbocycles. The molecule has 1 heteroatoms. The Morgan fingerprint density at radius 3 is 1.35 bits per heavy atom. The topological polar surface area (TPSA) is 4.36 Å². The highest BCUT2D eigenvalue weighted by Gasteiger charge is 2.00. The fraction of sp³-hybridized carbons (Fsp3) is 0. The summed E-state index contributed by atoms with van der Waals surface area (Å²) in [5.74, 6) is 0. The molecule has 0 aliphatic heterocycles. The van der Waals surface area contributed by atoms with E-state index in [0.29, 0.717) is 5.69 Å². The SMILES string of the molecule is [C-]#[N+]c1ccc(-c2ccc(-c3ccccc3)cc2)cc1. The van der Waals surface area contributed by atoms with Gasteiger partial charge in [-0.15, -0.1) is 0 Å². The average molecular weight is 255 g/mol. The molecule has 0 unspecified atom stereocenters. The summed E-state index contributed by atoms with van der Waals surface area (Å²) in [5, 5.41) is 0. The van der Waals surface area contributed by atoms with Crippen LogP contribution in [0.15, 0.2) is 78.9 Å². The molecule has 0 aliphatic rings. The summed E-state index contributed by atoms with van der Waals surface area (Å²) < 4.78 is 0. The summed E-state index contributed by atoms with van der Waals surface area (Å²) in [7, 11) is 0. The predicted molar refractivity (Wildman–Crippen MR) is 83.6 cm³/mol. The van der Waals surface area contributed by atoms with Gasteiger partial charge in [0.2, 0.25) is 0 Å². The lowest BCUT2D eigenvalue weighted by Crippen LogP contribution is -1.79. The van der Waals surface area contributed by atoms with E-state index in [1.54, 1.807) is 0 Å².